The number of carboxylic acids is 1. The van der Waals surface area contributed by atoms with Crippen LogP contribution in [0.25, 0.3) is 0 Å². The van der Waals surface area contributed by atoms with Gasteiger partial charge in [-0.25, -0.2) is 0 Å². The molecule has 4 nitrogen and oxygen atoms in total. The monoisotopic (exact) mass is 258 g/mol. The van der Waals surface area contributed by atoms with Gasteiger partial charge in [0.15, 0.2) is 0 Å². The number of nitrogens with zero attached hydrogens (tertiary/aromatic N) is 1. The first-order chi connectivity index (χ1) is 6.59. The summed E-state index contributed by atoms with van der Waals surface area (Å²) in [5.74, 6) is -0.965. The van der Waals surface area contributed by atoms with Crippen LogP contribution in [-0.4, -0.2) is 22.1 Å². The van der Waals surface area contributed by atoms with Crippen LogP contribution in [0, 0.1) is 0 Å². The van der Waals surface area contributed by atoms with Gasteiger partial charge in [-0.05, 0) is 40.4 Å². The maximum absolute atomic E-state index is 10.4. The molecular formula is C9H11BrN2O2. The molecule has 0 saturated heterocycles. The third-order valence-corrected chi connectivity index (χ3v) is 2.26. The van der Waals surface area contributed by atoms with E-state index in [1.54, 1.807) is 12.4 Å². The highest BCUT2D eigenvalue weighted by Crippen LogP contribution is 2.11. The minimum Gasteiger partial charge on any atom is -0.480 e. The van der Waals surface area contributed by atoms with Crippen molar-refractivity contribution in [3.05, 3.63) is 28.5 Å². The van der Waals surface area contributed by atoms with Crippen molar-refractivity contribution in [2.24, 2.45) is 5.73 Å². The Morgan fingerprint density at radius 3 is 2.93 bits per heavy atom. The van der Waals surface area contributed by atoms with Crippen molar-refractivity contribution in [1.29, 1.82) is 0 Å². The molecule has 1 rings (SSSR count). The second kappa shape index (κ2) is 5.07. The van der Waals surface area contributed by atoms with Gasteiger partial charge < -0.3 is 10.8 Å². The summed E-state index contributed by atoms with van der Waals surface area (Å²) in [7, 11) is 0. The number of aromatic nitrogens is 1. The number of rotatable bonds is 4. The van der Waals surface area contributed by atoms with Crippen LogP contribution in [-0.2, 0) is 11.2 Å². The van der Waals surface area contributed by atoms with Crippen LogP contribution < -0.4 is 5.73 Å². The van der Waals surface area contributed by atoms with Crippen LogP contribution in [0.1, 0.15) is 12.0 Å². The van der Waals surface area contributed by atoms with Gasteiger partial charge in [-0.2, -0.15) is 0 Å². The van der Waals surface area contributed by atoms with Crippen LogP contribution in [0.5, 0.6) is 0 Å². The number of aliphatic carboxylic acids is 1. The fraction of sp³-hybridized carbons (Fsp3) is 0.333. The Labute approximate surface area is 90.3 Å². The molecule has 0 aliphatic rings. The number of nitrogens with two attached hydrogens (primary N) is 1. The van der Waals surface area contributed by atoms with Crippen molar-refractivity contribution in [3.8, 4) is 0 Å². The molecule has 0 fully saturated rings. The number of hydrogen-bond donors (Lipinski definition) is 2. The van der Waals surface area contributed by atoms with Crippen LogP contribution in [0.15, 0.2) is 22.9 Å². The van der Waals surface area contributed by atoms with E-state index in [0.29, 0.717) is 12.8 Å². The zero-order valence-corrected chi connectivity index (χ0v) is 9.07. The molecule has 1 aromatic heterocycles. The summed E-state index contributed by atoms with van der Waals surface area (Å²) < 4.78 is 0.888. The quantitative estimate of drug-likeness (QED) is 0.851. The van der Waals surface area contributed by atoms with E-state index in [2.05, 4.69) is 20.9 Å². The molecule has 5 heteroatoms. The summed E-state index contributed by atoms with van der Waals surface area (Å²) in [6, 6.07) is 1.11. The first-order valence-electron chi connectivity index (χ1n) is 4.17. The summed E-state index contributed by atoms with van der Waals surface area (Å²) >= 11 is 3.29. The zero-order valence-electron chi connectivity index (χ0n) is 7.48. The van der Waals surface area contributed by atoms with E-state index < -0.39 is 12.0 Å². The van der Waals surface area contributed by atoms with Crippen molar-refractivity contribution in [2.45, 2.75) is 18.9 Å². The predicted molar refractivity (Wildman–Crippen MR) is 55.9 cm³/mol. The lowest BCUT2D eigenvalue weighted by molar-refractivity contribution is -0.138. The Bertz CT molecular complexity index is 330. The van der Waals surface area contributed by atoms with Crippen molar-refractivity contribution < 1.29 is 9.90 Å². The summed E-state index contributed by atoms with van der Waals surface area (Å²) in [4.78, 5) is 14.4. The molecule has 0 aliphatic heterocycles. The van der Waals surface area contributed by atoms with E-state index in [9.17, 15) is 4.79 Å². The molecule has 1 heterocycles. The zero-order chi connectivity index (χ0) is 10.6. The normalized spacial score (nSPS) is 12.4. The van der Waals surface area contributed by atoms with Crippen molar-refractivity contribution in [3.63, 3.8) is 0 Å². The average molecular weight is 259 g/mol. The van der Waals surface area contributed by atoms with E-state index >= 15 is 0 Å². The number of hydrogen-bond acceptors (Lipinski definition) is 3. The lowest BCUT2D eigenvalue weighted by Crippen LogP contribution is -2.30. The molecular weight excluding hydrogens is 248 g/mol. The van der Waals surface area contributed by atoms with Crippen LogP contribution in [0.2, 0.25) is 0 Å². The maximum Gasteiger partial charge on any atom is 0.320 e. The molecule has 0 bridgehead atoms. The summed E-state index contributed by atoms with van der Waals surface area (Å²) in [5, 5.41) is 8.56. The van der Waals surface area contributed by atoms with Crippen LogP contribution >= 0.6 is 15.9 Å². The first kappa shape index (κ1) is 11.1. The van der Waals surface area contributed by atoms with E-state index in [-0.39, 0.29) is 0 Å². The Hall–Kier alpha value is -0.940. The van der Waals surface area contributed by atoms with Gasteiger partial charge in [-0.15, -0.1) is 0 Å². The summed E-state index contributed by atoms with van der Waals surface area (Å²) in [6.45, 7) is 0. The molecule has 1 unspecified atom stereocenters. The molecule has 0 spiro atoms. The predicted octanol–water partition coefficient (Wildman–Crippen LogP) is 1.19. The average Bonchev–Trinajstić information content (AvgIpc) is 2.14. The van der Waals surface area contributed by atoms with Gasteiger partial charge in [0.25, 0.3) is 0 Å². The highest BCUT2D eigenvalue weighted by Gasteiger charge is 2.10. The third-order valence-electron chi connectivity index (χ3n) is 1.82. The Kier molecular flexibility index (Phi) is 4.03. The molecule has 0 saturated carbocycles. The van der Waals surface area contributed by atoms with Crippen molar-refractivity contribution in [2.75, 3.05) is 0 Å². The number of aryl methyl sites for hydroxylation is 1. The number of carboxylic acid groups (broad SMARTS) is 1. The SMILES string of the molecule is NC(CCc1cncc(Br)c1)C(=O)O. The summed E-state index contributed by atoms with van der Waals surface area (Å²) in [6.07, 6.45) is 4.44. The second-order valence-electron chi connectivity index (χ2n) is 2.99. The Morgan fingerprint density at radius 1 is 1.64 bits per heavy atom. The van der Waals surface area contributed by atoms with Crippen LogP contribution in [0.4, 0.5) is 0 Å². The second-order valence-corrected chi connectivity index (χ2v) is 3.91. The van der Waals surface area contributed by atoms with E-state index in [1.165, 1.54) is 0 Å². The molecule has 0 aromatic carbocycles. The number of carbonyl (C=O) groups is 1. The van der Waals surface area contributed by atoms with Gasteiger partial charge in [-0.3, -0.25) is 9.78 Å². The number of halogens is 1. The fourth-order valence-electron chi connectivity index (χ4n) is 1.04. The maximum atomic E-state index is 10.4. The molecule has 76 valence electrons. The minimum atomic E-state index is -0.965. The van der Waals surface area contributed by atoms with Gasteiger partial charge >= 0.3 is 5.97 Å². The van der Waals surface area contributed by atoms with Gasteiger partial charge in [0.2, 0.25) is 0 Å². The fourth-order valence-corrected chi connectivity index (χ4v) is 1.45. The van der Waals surface area contributed by atoms with E-state index in [4.69, 9.17) is 10.8 Å². The molecule has 1 atom stereocenters. The van der Waals surface area contributed by atoms with E-state index in [1.807, 2.05) is 6.07 Å². The first-order valence-corrected chi connectivity index (χ1v) is 4.96. The molecule has 1 aromatic rings. The van der Waals surface area contributed by atoms with Gasteiger partial charge in [0.1, 0.15) is 6.04 Å². The van der Waals surface area contributed by atoms with Crippen molar-refractivity contribution >= 4 is 21.9 Å². The lowest BCUT2D eigenvalue weighted by atomic mass is 10.1. The molecule has 3 N–H and O–H groups in total. The van der Waals surface area contributed by atoms with Gasteiger partial charge in [0, 0.05) is 16.9 Å². The van der Waals surface area contributed by atoms with Gasteiger partial charge in [0.05, 0.1) is 0 Å². The highest BCUT2D eigenvalue weighted by molar-refractivity contribution is 9.10. The molecule has 0 amide bonds. The topological polar surface area (TPSA) is 76.2 Å². The Balaban J connectivity index is 2.49. The Morgan fingerprint density at radius 2 is 2.36 bits per heavy atom. The molecule has 14 heavy (non-hydrogen) atoms. The molecule has 0 aliphatic carbocycles. The third kappa shape index (κ3) is 3.43. The summed E-state index contributed by atoms with van der Waals surface area (Å²) in [5.41, 5.74) is 6.35. The van der Waals surface area contributed by atoms with Gasteiger partial charge in [-0.1, -0.05) is 0 Å². The molecule has 0 radical (unpaired) electrons. The largest absolute Gasteiger partial charge is 0.480 e. The smallest absolute Gasteiger partial charge is 0.320 e. The van der Waals surface area contributed by atoms with E-state index in [0.717, 1.165) is 10.0 Å². The number of pyridine rings is 1. The van der Waals surface area contributed by atoms with Crippen LogP contribution in [0.3, 0.4) is 0 Å². The standard InChI is InChI=1S/C9H11BrN2O2/c10-7-3-6(4-12-5-7)1-2-8(11)9(13)14/h3-5,8H,1-2,11H2,(H,13,14). The highest BCUT2D eigenvalue weighted by atomic mass is 79.9. The minimum absolute atomic E-state index is 0.424. The van der Waals surface area contributed by atoms with Crippen molar-refractivity contribution in [1.82, 2.24) is 4.98 Å². The lowest BCUT2D eigenvalue weighted by Gasteiger charge is -2.05.